The summed E-state index contributed by atoms with van der Waals surface area (Å²) in [6, 6.07) is 4.73. The molecule has 0 saturated heterocycles. The molecule has 1 amide bonds. The molecule has 0 fully saturated rings. The third kappa shape index (κ3) is 3.36. The highest BCUT2D eigenvalue weighted by Gasteiger charge is 2.33. The number of carbonyl (C=O) groups excluding carboxylic acids is 1. The maximum absolute atomic E-state index is 12.7. The van der Waals surface area contributed by atoms with Crippen molar-refractivity contribution in [1.29, 1.82) is 0 Å². The van der Waals surface area contributed by atoms with E-state index in [1.807, 2.05) is 0 Å². The van der Waals surface area contributed by atoms with Crippen LogP contribution in [0.15, 0.2) is 24.3 Å². The van der Waals surface area contributed by atoms with E-state index in [1.165, 1.54) is 16.8 Å². The fraction of sp³-hybridized carbons (Fsp3) is 0.231. The summed E-state index contributed by atoms with van der Waals surface area (Å²) in [5, 5.41) is 5.97. The lowest BCUT2D eigenvalue weighted by Crippen LogP contribution is -2.16. The van der Waals surface area contributed by atoms with E-state index in [1.54, 1.807) is 14.0 Å². The summed E-state index contributed by atoms with van der Waals surface area (Å²) < 4.78 is 39.6. The van der Waals surface area contributed by atoms with Crippen LogP contribution in [-0.4, -0.2) is 15.7 Å². The Morgan fingerprint density at radius 3 is 2.52 bits per heavy atom. The number of benzene rings is 1. The van der Waals surface area contributed by atoms with Crippen molar-refractivity contribution in [2.24, 2.45) is 7.05 Å². The Balaban J connectivity index is 2.28. The standard InChI is InChI=1S/C13H11ClF3N3O/c1-7-5-11(20(2)19-7)12(21)18-8-3-4-10(14)9(6-8)13(15,16)17/h3-6H,1-2H3,(H,18,21). The Bertz CT molecular complexity index is 694. The highest BCUT2D eigenvalue weighted by molar-refractivity contribution is 6.31. The minimum atomic E-state index is -4.58. The SMILES string of the molecule is Cc1cc(C(=O)Nc2ccc(Cl)c(C(F)(F)F)c2)n(C)n1. The molecule has 4 nitrogen and oxygen atoms in total. The molecule has 0 aliphatic heterocycles. The number of anilines is 1. The molecule has 1 N–H and O–H groups in total. The van der Waals surface area contributed by atoms with Gasteiger partial charge in [-0.2, -0.15) is 18.3 Å². The predicted molar refractivity (Wildman–Crippen MR) is 72.4 cm³/mol. The monoisotopic (exact) mass is 317 g/mol. The van der Waals surface area contributed by atoms with Crippen molar-refractivity contribution in [3.8, 4) is 0 Å². The topological polar surface area (TPSA) is 46.9 Å². The van der Waals surface area contributed by atoms with Crippen molar-refractivity contribution in [3.63, 3.8) is 0 Å². The first kappa shape index (κ1) is 15.4. The first-order chi connectivity index (χ1) is 9.68. The van der Waals surface area contributed by atoms with Gasteiger partial charge < -0.3 is 5.32 Å². The van der Waals surface area contributed by atoms with Gasteiger partial charge in [0.15, 0.2) is 0 Å². The number of carbonyl (C=O) groups is 1. The number of hydrogen-bond donors (Lipinski definition) is 1. The zero-order valence-electron chi connectivity index (χ0n) is 11.1. The van der Waals surface area contributed by atoms with Crippen LogP contribution in [-0.2, 0) is 13.2 Å². The van der Waals surface area contributed by atoms with Crippen molar-refractivity contribution in [2.45, 2.75) is 13.1 Å². The molecule has 0 atom stereocenters. The van der Waals surface area contributed by atoms with Gasteiger partial charge in [0.25, 0.3) is 5.91 Å². The molecule has 0 unspecified atom stereocenters. The van der Waals surface area contributed by atoms with Crippen LogP contribution >= 0.6 is 11.6 Å². The summed E-state index contributed by atoms with van der Waals surface area (Å²) in [7, 11) is 1.57. The van der Waals surface area contributed by atoms with Gasteiger partial charge in [0, 0.05) is 12.7 Å². The second-order valence-corrected chi connectivity index (χ2v) is 4.85. The van der Waals surface area contributed by atoms with Crippen LogP contribution in [0.5, 0.6) is 0 Å². The van der Waals surface area contributed by atoms with Gasteiger partial charge in [0.05, 0.1) is 16.3 Å². The number of rotatable bonds is 2. The molecular weight excluding hydrogens is 307 g/mol. The van der Waals surface area contributed by atoms with E-state index in [9.17, 15) is 18.0 Å². The van der Waals surface area contributed by atoms with Gasteiger partial charge in [0.2, 0.25) is 0 Å². The zero-order chi connectivity index (χ0) is 15.8. The first-order valence-corrected chi connectivity index (χ1v) is 6.25. The average molecular weight is 318 g/mol. The van der Waals surface area contributed by atoms with Crippen molar-refractivity contribution < 1.29 is 18.0 Å². The van der Waals surface area contributed by atoms with Crippen molar-refractivity contribution in [3.05, 3.63) is 46.2 Å². The number of hydrogen-bond acceptors (Lipinski definition) is 2. The fourth-order valence-corrected chi connectivity index (χ4v) is 2.06. The third-order valence-electron chi connectivity index (χ3n) is 2.76. The number of halogens is 4. The lowest BCUT2D eigenvalue weighted by atomic mass is 10.2. The van der Waals surface area contributed by atoms with E-state index < -0.39 is 22.7 Å². The summed E-state index contributed by atoms with van der Waals surface area (Å²) in [6.07, 6.45) is -4.58. The number of aryl methyl sites for hydroxylation is 2. The number of alkyl halides is 3. The van der Waals surface area contributed by atoms with Crippen LogP contribution in [0.2, 0.25) is 5.02 Å². The number of amides is 1. The molecule has 2 aromatic rings. The molecule has 1 aromatic carbocycles. The van der Waals surface area contributed by atoms with E-state index >= 15 is 0 Å². The maximum Gasteiger partial charge on any atom is 0.417 e. The summed E-state index contributed by atoms with van der Waals surface area (Å²) in [5.41, 5.74) is -0.107. The van der Waals surface area contributed by atoms with Crippen molar-refractivity contribution >= 4 is 23.2 Å². The fourth-order valence-electron chi connectivity index (χ4n) is 1.84. The van der Waals surface area contributed by atoms with Gasteiger partial charge in [0.1, 0.15) is 5.69 Å². The van der Waals surface area contributed by atoms with E-state index in [2.05, 4.69) is 10.4 Å². The minimum absolute atomic E-state index is 0.00979. The Labute approximate surface area is 123 Å². The molecule has 2 rings (SSSR count). The lowest BCUT2D eigenvalue weighted by Gasteiger charge is -2.11. The van der Waals surface area contributed by atoms with Gasteiger partial charge >= 0.3 is 6.18 Å². The normalized spacial score (nSPS) is 11.5. The Morgan fingerprint density at radius 2 is 2.00 bits per heavy atom. The van der Waals surface area contributed by atoms with Crippen LogP contribution in [0.3, 0.4) is 0 Å². The Morgan fingerprint density at radius 1 is 1.33 bits per heavy atom. The lowest BCUT2D eigenvalue weighted by molar-refractivity contribution is -0.137. The molecular formula is C13H11ClF3N3O. The average Bonchev–Trinajstić information content (AvgIpc) is 2.69. The van der Waals surface area contributed by atoms with Crippen LogP contribution in [0.25, 0.3) is 0 Å². The summed E-state index contributed by atoms with van der Waals surface area (Å²) in [4.78, 5) is 12.0. The van der Waals surface area contributed by atoms with Crippen molar-refractivity contribution in [2.75, 3.05) is 5.32 Å². The Hall–Kier alpha value is -2.02. The molecule has 1 aromatic heterocycles. The van der Waals surface area contributed by atoms with E-state index in [0.717, 1.165) is 12.1 Å². The van der Waals surface area contributed by atoms with Crippen LogP contribution in [0.1, 0.15) is 21.7 Å². The smallest absolute Gasteiger partial charge is 0.321 e. The summed E-state index contributed by atoms with van der Waals surface area (Å²) in [6.45, 7) is 1.71. The van der Waals surface area contributed by atoms with Crippen molar-refractivity contribution in [1.82, 2.24) is 9.78 Å². The quantitative estimate of drug-likeness (QED) is 0.919. The number of nitrogens with zero attached hydrogens (tertiary/aromatic N) is 2. The predicted octanol–water partition coefficient (Wildman–Crippen LogP) is 3.65. The van der Waals surface area contributed by atoms with Gasteiger partial charge in [-0.25, -0.2) is 0 Å². The van der Waals surface area contributed by atoms with E-state index in [0.29, 0.717) is 5.69 Å². The van der Waals surface area contributed by atoms with Crippen LogP contribution in [0.4, 0.5) is 18.9 Å². The summed E-state index contributed by atoms with van der Waals surface area (Å²) >= 11 is 5.52. The Kier molecular flexibility index (Phi) is 3.95. The first-order valence-electron chi connectivity index (χ1n) is 5.87. The van der Waals surface area contributed by atoms with Gasteiger partial charge in [-0.3, -0.25) is 9.48 Å². The zero-order valence-corrected chi connectivity index (χ0v) is 11.9. The number of nitrogens with one attached hydrogen (secondary N) is 1. The molecule has 0 saturated carbocycles. The molecule has 0 spiro atoms. The third-order valence-corrected chi connectivity index (χ3v) is 3.09. The number of aromatic nitrogens is 2. The van der Waals surface area contributed by atoms with Crippen LogP contribution < -0.4 is 5.32 Å². The molecule has 112 valence electrons. The largest absolute Gasteiger partial charge is 0.417 e. The second kappa shape index (κ2) is 5.40. The highest BCUT2D eigenvalue weighted by Crippen LogP contribution is 2.36. The van der Waals surface area contributed by atoms with Gasteiger partial charge in [-0.05, 0) is 31.2 Å². The highest BCUT2D eigenvalue weighted by atomic mass is 35.5. The maximum atomic E-state index is 12.7. The van der Waals surface area contributed by atoms with Crippen LogP contribution in [0, 0.1) is 6.92 Å². The molecule has 8 heteroatoms. The molecule has 21 heavy (non-hydrogen) atoms. The molecule has 0 bridgehead atoms. The van der Waals surface area contributed by atoms with Gasteiger partial charge in [-0.1, -0.05) is 11.6 Å². The van der Waals surface area contributed by atoms with Gasteiger partial charge in [-0.15, -0.1) is 0 Å². The minimum Gasteiger partial charge on any atom is -0.321 e. The van der Waals surface area contributed by atoms with E-state index in [-0.39, 0.29) is 11.4 Å². The molecule has 1 heterocycles. The molecule has 0 radical (unpaired) electrons. The van der Waals surface area contributed by atoms with E-state index in [4.69, 9.17) is 11.6 Å². The molecule has 0 aliphatic carbocycles. The second-order valence-electron chi connectivity index (χ2n) is 4.44. The summed E-state index contributed by atoms with van der Waals surface area (Å²) in [5.74, 6) is -0.548. The molecule has 0 aliphatic rings.